The van der Waals surface area contributed by atoms with Crippen LogP contribution in [-0.4, -0.2) is 100 Å². The first-order chi connectivity index (χ1) is 17.3. The SMILES string of the molecule is CO/N=C(\C(=O)NC1C(=O)N2C(C(=O)O)=C(CSc3nnnn3CCN)CS[C@H]12)c1nccc(N)n1. The average Bonchev–Trinajstić information content (AvgIpc) is 3.30. The zero-order chi connectivity index (χ0) is 25.8. The lowest BCUT2D eigenvalue weighted by Gasteiger charge is -2.49. The number of nitrogen functional groups attached to an aromatic ring is 1. The van der Waals surface area contributed by atoms with E-state index in [1.807, 2.05) is 0 Å². The van der Waals surface area contributed by atoms with E-state index in [4.69, 9.17) is 16.3 Å². The molecule has 0 bridgehead atoms. The smallest absolute Gasteiger partial charge is 0.352 e. The van der Waals surface area contributed by atoms with Crippen LogP contribution in [0.3, 0.4) is 0 Å². The molecule has 2 aromatic rings. The van der Waals surface area contributed by atoms with Crippen LogP contribution >= 0.6 is 23.5 Å². The Hall–Kier alpha value is -3.77. The fourth-order valence-electron chi connectivity index (χ4n) is 3.48. The number of aliphatic carboxylic acids is 1. The van der Waals surface area contributed by atoms with E-state index in [0.717, 1.165) is 0 Å². The van der Waals surface area contributed by atoms with Gasteiger partial charge < -0.3 is 26.7 Å². The van der Waals surface area contributed by atoms with Gasteiger partial charge in [-0.25, -0.2) is 19.4 Å². The summed E-state index contributed by atoms with van der Waals surface area (Å²) in [5, 5.41) is 27.3. The second-order valence-electron chi connectivity index (χ2n) is 7.31. The predicted octanol–water partition coefficient (Wildman–Crippen LogP) is -2.11. The van der Waals surface area contributed by atoms with Crippen molar-refractivity contribution in [1.29, 1.82) is 0 Å². The lowest BCUT2D eigenvalue weighted by molar-refractivity contribution is -0.150. The molecule has 0 radical (unpaired) electrons. The van der Waals surface area contributed by atoms with Gasteiger partial charge in [-0.05, 0) is 22.1 Å². The number of nitrogens with two attached hydrogens (primary N) is 2. The zero-order valence-electron chi connectivity index (χ0n) is 18.8. The molecule has 4 heterocycles. The standard InChI is InChI=1S/C18H21N11O5S2/c1-34-25-10(13-21-4-2-9(20)22-13)14(30)23-11-15(31)29-12(17(32)33)8(6-35-16(11)29)7-36-18-24-26-27-28(18)5-3-19/h2,4,11,16H,3,5-7,19H2,1H3,(H,23,30)(H,32,33)(H2,20,21,22)/b25-10-/t11?,16-/m1/s1. The Balaban J connectivity index is 1.49. The van der Waals surface area contributed by atoms with E-state index in [2.05, 4.69) is 36.0 Å². The van der Waals surface area contributed by atoms with Gasteiger partial charge in [-0.15, -0.1) is 16.9 Å². The highest BCUT2D eigenvalue weighted by molar-refractivity contribution is 8.01. The van der Waals surface area contributed by atoms with Gasteiger partial charge in [0.1, 0.15) is 30.0 Å². The zero-order valence-corrected chi connectivity index (χ0v) is 20.4. The first-order valence-corrected chi connectivity index (χ1v) is 12.4. The van der Waals surface area contributed by atoms with Crippen molar-refractivity contribution in [3.8, 4) is 0 Å². The van der Waals surface area contributed by atoms with E-state index < -0.39 is 29.2 Å². The van der Waals surface area contributed by atoms with Crippen LogP contribution in [0.15, 0.2) is 33.8 Å². The number of carbonyl (C=O) groups is 3. The number of anilines is 1. The third kappa shape index (κ3) is 4.95. The molecule has 2 aliphatic heterocycles. The number of hydrogen-bond acceptors (Lipinski definition) is 14. The van der Waals surface area contributed by atoms with Crippen molar-refractivity contribution < 1.29 is 24.3 Å². The Morgan fingerprint density at radius 1 is 1.44 bits per heavy atom. The van der Waals surface area contributed by atoms with E-state index >= 15 is 0 Å². The summed E-state index contributed by atoms with van der Waals surface area (Å²) in [4.78, 5) is 51.7. The van der Waals surface area contributed by atoms with Crippen LogP contribution in [0.4, 0.5) is 5.82 Å². The Bertz CT molecular complexity index is 1250. The maximum absolute atomic E-state index is 13.0. The number of β-lactam (4-membered cyclic amide) rings is 1. The monoisotopic (exact) mass is 535 g/mol. The number of nitrogens with one attached hydrogen (secondary N) is 1. The number of fused-ring (bicyclic) bond motifs is 1. The molecule has 4 rings (SSSR count). The van der Waals surface area contributed by atoms with Crippen LogP contribution in [0.5, 0.6) is 0 Å². The summed E-state index contributed by atoms with van der Waals surface area (Å²) in [5.74, 6) is -1.98. The molecule has 2 amide bonds. The van der Waals surface area contributed by atoms with Gasteiger partial charge in [-0.1, -0.05) is 16.9 Å². The molecule has 0 spiro atoms. The third-order valence-electron chi connectivity index (χ3n) is 5.04. The van der Waals surface area contributed by atoms with E-state index in [9.17, 15) is 19.5 Å². The minimum absolute atomic E-state index is 0.0864. The van der Waals surface area contributed by atoms with Gasteiger partial charge in [-0.2, -0.15) is 0 Å². The minimum Gasteiger partial charge on any atom is -0.477 e. The summed E-state index contributed by atoms with van der Waals surface area (Å²) in [6, 6.07) is 0.456. The van der Waals surface area contributed by atoms with Crippen LogP contribution in [0.25, 0.3) is 0 Å². The first kappa shape index (κ1) is 25.3. The molecule has 1 fully saturated rings. The molecule has 0 saturated carbocycles. The van der Waals surface area contributed by atoms with Crippen molar-refractivity contribution in [2.24, 2.45) is 10.9 Å². The van der Waals surface area contributed by atoms with E-state index in [0.29, 0.717) is 29.6 Å². The van der Waals surface area contributed by atoms with Crippen LogP contribution in [0, 0.1) is 0 Å². The number of nitrogens with zero attached hydrogens (tertiary/aromatic N) is 8. The minimum atomic E-state index is -1.25. The van der Waals surface area contributed by atoms with Gasteiger partial charge in [0.2, 0.25) is 10.9 Å². The summed E-state index contributed by atoms with van der Waals surface area (Å²) >= 11 is 2.57. The third-order valence-corrected chi connectivity index (χ3v) is 7.42. The van der Waals surface area contributed by atoms with Crippen LogP contribution in [0.2, 0.25) is 0 Å². The topological polar surface area (TPSA) is 230 Å². The quantitative estimate of drug-likeness (QED) is 0.110. The first-order valence-electron chi connectivity index (χ1n) is 10.4. The highest BCUT2D eigenvalue weighted by Gasteiger charge is 2.54. The Labute approximate surface area is 211 Å². The molecular formula is C18H21N11O5S2. The van der Waals surface area contributed by atoms with Crippen LogP contribution in [0.1, 0.15) is 5.82 Å². The maximum Gasteiger partial charge on any atom is 0.352 e. The average molecular weight is 536 g/mol. The molecule has 0 aromatic carbocycles. The van der Waals surface area contributed by atoms with Crippen molar-refractivity contribution in [2.45, 2.75) is 23.1 Å². The van der Waals surface area contributed by atoms with Crippen molar-refractivity contribution >= 4 is 52.8 Å². The number of amides is 2. The van der Waals surface area contributed by atoms with Gasteiger partial charge in [0.15, 0.2) is 5.82 Å². The molecule has 36 heavy (non-hydrogen) atoms. The summed E-state index contributed by atoms with van der Waals surface area (Å²) in [6.45, 7) is 0.757. The number of rotatable bonds is 10. The molecule has 1 saturated heterocycles. The fraction of sp³-hybridized carbons (Fsp3) is 0.389. The fourth-order valence-corrected chi connectivity index (χ4v) is 5.87. The molecule has 1 unspecified atom stereocenters. The number of carbonyl (C=O) groups excluding carboxylic acids is 2. The Morgan fingerprint density at radius 3 is 2.94 bits per heavy atom. The number of oxime groups is 1. The van der Waals surface area contributed by atoms with E-state index in [1.165, 1.54) is 52.5 Å². The number of carboxylic acid groups (broad SMARTS) is 1. The van der Waals surface area contributed by atoms with Gasteiger partial charge in [0.05, 0.1) is 6.54 Å². The van der Waals surface area contributed by atoms with Gasteiger partial charge >= 0.3 is 5.97 Å². The van der Waals surface area contributed by atoms with Gasteiger partial charge in [0, 0.05) is 24.2 Å². The van der Waals surface area contributed by atoms with Crippen LogP contribution in [-0.2, 0) is 25.8 Å². The lowest BCUT2D eigenvalue weighted by atomic mass is 10.0. The number of thioether (sulfide) groups is 2. The Morgan fingerprint density at radius 2 is 2.25 bits per heavy atom. The molecular weight excluding hydrogens is 514 g/mol. The molecule has 6 N–H and O–H groups in total. The molecule has 190 valence electrons. The number of hydrogen-bond donors (Lipinski definition) is 4. The lowest BCUT2D eigenvalue weighted by Crippen LogP contribution is -2.71. The molecule has 18 heteroatoms. The molecule has 16 nitrogen and oxygen atoms in total. The summed E-state index contributed by atoms with van der Waals surface area (Å²) < 4.78 is 1.52. The molecule has 2 atom stereocenters. The second kappa shape index (κ2) is 10.9. The van der Waals surface area contributed by atoms with Gasteiger partial charge in [0.25, 0.3) is 11.8 Å². The second-order valence-corrected chi connectivity index (χ2v) is 9.36. The number of tetrazole rings is 1. The summed E-state index contributed by atoms with van der Waals surface area (Å²) in [6.07, 6.45) is 1.35. The van der Waals surface area contributed by atoms with Gasteiger partial charge in [-0.3, -0.25) is 14.5 Å². The highest BCUT2D eigenvalue weighted by Crippen LogP contribution is 2.41. The van der Waals surface area contributed by atoms with E-state index in [1.54, 1.807) is 0 Å². The molecule has 2 aromatic heterocycles. The predicted molar refractivity (Wildman–Crippen MR) is 127 cm³/mol. The number of carboxylic acids is 1. The Kier molecular flexibility index (Phi) is 7.65. The molecule has 0 aliphatic carbocycles. The summed E-state index contributed by atoms with van der Waals surface area (Å²) in [7, 11) is 1.24. The van der Waals surface area contributed by atoms with Crippen molar-refractivity contribution in [1.82, 2.24) is 40.4 Å². The van der Waals surface area contributed by atoms with Crippen molar-refractivity contribution in [2.75, 3.05) is 30.9 Å². The van der Waals surface area contributed by atoms with E-state index in [-0.39, 0.29) is 28.8 Å². The normalized spacial score (nSPS) is 19.6. The van der Waals surface area contributed by atoms with Crippen molar-refractivity contribution in [3.05, 3.63) is 29.4 Å². The largest absolute Gasteiger partial charge is 0.477 e. The maximum atomic E-state index is 13.0. The highest BCUT2D eigenvalue weighted by atomic mass is 32.2. The van der Waals surface area contributed by atoms with Crippen molar-refractivity contribution in [3.63, 3.8) is 0 Å². The molecule has 2 aliphatic rings. The summed E-state index contributed by atoms with van der Waals surface area (Å²) in [5.41, 5.74) is 11.3. The number of aromatic nitrogens is 6. The van der Waals surface area contributed by atoms with Crippen LogP contribution < -0.4 is 16.8 Å².